The summed E-state index contributed by atoms with van der Waals surface area (Å²) in [6.45, 7) is 4.64. The second-order valence-electron chi connectivity index (χ2n) is 7.42. The van der Waals surface area contributed by atoms with Crippen molar-refractivity contribution in [1.82, 2.24) is 19.6 Å². The minimum atomic E-state index is -0.0773. The Hall–Kier alpha value is -2.67. The number of likely N-dealkylation sites (tertiary alicyclic amines) is 1. The lowest BCUT2D eigenvalue weighted by Gasteiger charge is -2.37. The smallest absolute Gasteiger partial charge is 0.320 e. The van der Waals surface area contributed by atoms with Crippen molar-refractivity contribution in [3.8, 4) is 11.3 Å². The fourth-order valence-electron chi connectivity index (χ4n) is 3.85. The Labute approximate surface area is 164 Å². The molecule has 2 fully saturated rings. The number of ether oxygens (including phenoxy) is 1. The Bertz CT molecular complexity index is 853. The lowest BCUT2D eigenvalue weighted by Crippen LogP contribution is -2.50. The number of benzene rings is 1. The molecule has 3 heterocycles. The monoisotopic (exact) mass is 382 g/mol. The highest BCUT2D eigenvalue weighted by molar-refractivity contribution is 5.74. The average Bonchev–Trinajstić information content (AvgIpc) is 2.76. The van der Waals surface area contributed by atoms with E-state index < -0.39 is 0 Å². The maximum Gasteiger partial charge on any atom is 0.320 e. The van der Waals surface area contributed by atoms with Crippen LogP contribution < -0.4 is 5.56 Å². The van der Waals surface area contributed by atoms with E-state index in [0.717, 1.165) is 37.2 Å². The van der Waals surface area contributed by atoms with Crippen molar-refractivity contribution >= 4 is 6.03 Å². The van der Waals surface area contributed by atoms with Crippen LogP contribution in [0.5, 0.6) is 0 Å². The van der Waals surface area contributed by atoms with E-state index in [4.69, 9.17) is 4.74 Å². The van der Waals surface area contributed by atoms with E-state index in [2.05, 4.69) is 5.10 Å². The Kier molecular flexibility index (Phi) is 5.71. The first-order valence-electron chi connectivity index (χ1n) is 9.96. The normalized spacial score (nSPS) is 18.3. The summed E-state index contributed by atoms with van der Waals surface area (Å²) in [5, 5.41) is 4.57. The van der Waals surface area contributed by atoms with Gasteiger partial charge in [0.25, 0.3) is 5.56 Å². The van der Waals surface area contributed by atoms with Crippen LogP contribution in [-0.2, 0) is 11.3 Å². The lowest BCUT2D eigenvalue weighted by molar-refractivity contribution is 0.0396. The summed E-state index contributed by atoms with van der Waals surface area (Å²) in [5.74, 6) is 0.352. The molecule has 7 heteroatoms. The van der Waals surface area contributed by atoms with Crippen molar-refractivity contribution in [2.75, 3.05) is 39.4 Å². The predicted octanol–water partition coefficient (Wildman–Crippen LogP) is 2.07. The number of hydrogen-bond donors (Lipinski definition) is 0. The van der Waals surface area contributed by atoms with Crippen molar-refractivity contribution in [3.05, 3.63) is 52.8 Å². The Morgan fingerprint density at radius 2 is 1.64 bits per heavy atom. The first-order chi connectivity index (χ1) is 13.7. The standard InChI is InChI=1S/C21H26N4O3/c26-20-7-6-19(18-4-2-1-3-5-18)22-25(20)16-17-8-10-23(11-9-17)21(27)24-12-14-28-15-13-24/h1-7,17H,8-16H2. The Morgan fingerprint density at radius 3 is 2.36 bits per heavy atom. The molecule has 2 amide bonds. The van der Waals surface area contributed by atoms with E-state index in [9.17, 15) is 9.59 Å². The van der Waals surface area contributed by atoms with Gasteiger partial charge in [0.1, 0.15) is 0 Å². The third kappa shape index (κ3) is 4.25. The molecule has 0 bridgehead atoms. The van der Waals surface area contributed by atoms with Crippen LogP contribution in [0.25, 0.3) is 11.3 Å². The summed E-state index contributed by atoms with van der Waals surface area (Å²) in [6.07, 6.45) is 1.78. The zero-order chi connectivity index (χ0) is 19.3. The van der Waals surface area contributed by atoms with E-state index in [1.165, 1.54) is 0 Å². The Morgan fingerprint density at radius 1 is 0.964 bits per heavy atom. The maximum absolute atomic E-state index is 12.6. The molecule has 0 atom stereocenters. The van der Waals surface area contributed by atoms with Crippen molar-refractivity contribution < 1.29 is 9.53 Å². The van der Waals surface area contributed by atoms with Crippen molar-refractivity contribution in [1.29, 1.82) is 0 Å². The summed E-state index contributed by atoms with van der Waals surface area (Å²) in [7, 11) is 0. The largest absolute Gasteiger partial charge is 0.378 e. The van der Waals surface area contributed by atoms with E-state index in [1.807, 2.05) is 40.1 Å². The van der Waals surface area contributed by atoms with E-state index in [0.29, 0.717) is 38.8 Å². The fraction of sp³-hybridized carbons (Fsp3) is 0.476. The number of nitrogens with zero attached hydrogens (tertiary/aromatic N) is 4. The van der Waals surface area contributed by atoms with Crippen LogP contribution in [-0.4, -0.2) is 65.0 Å². The van der Waals surface area contributed by atoms with E-state index in [1.54, 1.807) is 16.8 Å². The van der Waals surface area contributed by atoms with E-state index in [-0.39, 0.29) is 11.6 Å². The third-order valence-electron chi connectivity index (χ3n) is 5.53. The summed E-state index contributed by atoms with van der Waals surface area (Å²) in [5.41, 5.74) is 1.73. The molecule has 1 aromatic carbocycles. The summed E-state index contributed by atoms with van der Waals surface area (Å²) in [6, 6.07) is 13.4. The van der Waals surface area contributed by atoms with Gasteiger partial charge in [0.15, 0.2) is 0 Å². The number of morpholine rings is 1. The number of carbonyl (C=O) groups is 1. The molecule has 0 unspecified atom stereocenters. The first kappa shape index (κ1) is 18.7. The van der Waals surface area contributed by atoms with E-state index >= 15 is 0 Å². The zero-order valence-electron chi connectivity index (χ0n) is 16.0. The quantitative estimate of drug-likeness (QED) is 0.815. The molecule has 148 valence electrons. The highest BCUT2D eigenvalue weighted by Crippen LogP contribution is 2.21. The van der Waals surface area contributed by atoms with Gasteiger partial charge in [0, 0.05) is 44.4 Å². The molecule has 28 heavy (non-hydrogen) atoms. The maximum atomic E-state index is 12.6. The molecule has 2 aromatic rings. The lowest BCUT2D eigenvalue weighted by atomic mass is 9.97. The second kappa shape index (κ2) is 8.56. The SMILES string of the molecule is O=C(N1CCOCC1)N1CCC(Cn2nc(-c3ccccc3)ccc2=O)CC1. The van der Waals surface area contributed by atoms with Gasteiger partial charge in [-0.15, -0.1) is 0 Å². The average molecular weight is 382 g/mol. The van der Waals surface area contributed by atoms with Crippen LogP contribution in [0.4, 0.5) is 4.79 Å². The fourth-order valence-corrected chi connectivity index (χ4v) is 3.85. The van der Waals surface area contributed by atoms with Crippen LogP contribution in [0.3, 0.4) is 0 Å². The number of carbonyl (C=O) groups excluding carboxylic acids is 1. The predicted molar refractivity (Wildman–Crippen MR) is 106 cm³/mol. The van der Waals surface area contributed by atoms with Crippen LogP contribution in [0.2, 0.25) is 0 Å². The molecule has 0 spiro atoms. The molecule has 0 N–H and O–H groups in total. The number of hydrogen-bond acceptors (Lipinski definition) is 4. The number of rotatable bonds is 3. The molecule has 2 aliphatic heterocycles. The summed E-state index contributed by atoms with van der Waals surface area (Å²) >= 11 is 0. The van der Waals surface area contributed by atoms with Crippen molar-refractivity contribution in [2.45, 2.75) is 19.4 Å². The molecule has 2 saturated heterocycles. The molecule has 0 saturated carbocycles. The summed E-state index contributed by atoms with van der Waals surface area (Å²) in [4.78, 5) is 28.7. The molecule has 2 aliphatic rings. The van der Waals surface area contributed by atoms with Crippen LogP contribution in [0, 0.1) is 5.92 Å². The topological polar surface area (TPSA) is 67.7 Å². The molecular formula is C21H26N4O3. The van der Waals surface area contributed by atoms with Gasteiger partial charge in [-0.2, -0.15) is 5.10 Å². The van der Waals surface area contributed by atoms with Crippen molar-refractivity contribution in [2.24, 2.45) is 5.92 Å². The van der Waals surface area contributed by atoms with Gasteiger partial charge in [-0.1, -0.05) is 30.3 Å². The minimum Gasteiger partial charge on any atom is -0.378 e. The molecule has 7 nitrogen and oxygen atoms in total. The van der Waals surface area contributed by atoms with Gasteiger partial charge in [-0.25, -0.2) is 9.48 Å². The van der Waals surface area contributed by atoms with Gasteiger partial charge in [-0.05, 0) is 24.8 Å². The van der Waals surface area contributed by atoms with Gasteiger partial charge in [0.2, 0.25) is 0 Å². The number of urea groups is 1. The second-order valence-corrected chi connectivity index (χ2v) is 7.42. The molecule has 0 radical (unpaired) electrons. The van der Waals surface area contributed by atoms with Crippen LogP contribution in [0.15, 0.2) is 47.3 Å². The molecule has 0 aliphatic carbocycles. The first-order valence-corrected chi connectivity index (χ1v) is 9.96. The molecule has 4 rings (SSSR count). The number of aromatic nitrogens is 2. The highest BCUT2D eigenvalue weighted by atomic mass is 16.5. The highest BCUT2D eigenvalue weighted by Gasteiger charge is 2.27. The number of piperidine rings is 1. The van der Waals surface area contributed by atoms with Crippen LogP contribution in [0.1, 0.15) is 12.8 Å². The van der Waals surface area contributed by atoms with Gasteiger partial charge >= 0.3 is 6.03 Å². The summed E-state index contributed by atoms with van der Waals surface area (Å²) < 4.78 is 6.90. The Balaban J connectivity index is 1.37. The zero-order valence-corrected chi connectivity index (χ0v) is 16.0. The number of amides is 2. The van der Waals surface area contributed by atoms with Gasteiger partial charge in [-0.3, -0.25) is 4.79 Å². The van der Waals surface area contributed by atoms with Crippen LogP contribution >= 0.6 is 0 Å². The molecular weight excluding hydrogens is 356 g/mol. The van der Waals surface area contributed by atoms with Crippen molar-refractivity contribution in [3.63, 3.8) is 0 Å². The van der Waals surface area contributed by atoms with Gasteiger partial charge in [0.05, 0.1) is 18.9 Å². The molecule has 1 aromatic heterocycles. The minimum absolute atomic E-state index is 0.0773. The third-order valence-corrected chi connectivity index (χ3v) is 5.53. The van der Waals surface area contributed by atoms with Gasteiger partial charge < -0.3 is 14.5 Å².